The number of halogens is 2. The normalized spacial score (nSPS) is 10.4. The predicted octanol–water partition coefficient (Wildman–Crippen LogP) is 4.70. The van der Waals surface area contributed by atoms with Crippen LogP contribution in [0.15, 0.2) is 40.9 Å². The van der Waals surface area contributed by atoms with Crippen molar-refractivity contribution < 1.29 is 9.13 Å². The lowest BCUT2D eigenvalue weighted by molar-refractivity contribution is 0.332. The molecule has 2 nitrogen and oxygen atoms in total. The van der Waals surface area contributed by atoms with Crippen molar-refractivity contribution in [3.63, 3.8) is 0 Å². The van der Waals surface area contributed by atoms with E-state index < -0.39 is 0 Å². The van der Waals surface area contributed by atoms with Crippen LogP contribution in [0.4, 0.5) is 10.1 Å². The van der Waals surface area contributed by atoms with Gasteiger partial charge in [-0.3, -0.25) is 0 Å². The molecule has 0 atom stereocenters. The highest BCUT2D eigenvalue weighted by molar-refractivity contribution is 9.10. The molecule has 0 bridgehead atoms. The number of anilines is 1. The van der Waals surface area contributed by atoms with Gasteiger partial charge in [0.2, 0.25) is 0 Å². The summed E-state index contributed by atoms with van der Waals surface area (Å²) >= 11 is 3.53. The first-order chi connectivity index (χ1) is 9.56. The molecular formula is C16H17BrFNO. The SMILES string of the molecule is Cc1cc(OCCNc2cccc(F)c2)cc(C)c1Br. The van der Waals surface area contributed by atoms with Gasteiger partial charge in [0.05, 0.1) is 0 Å². The lowest BCUT2D eigenvalue weighted by Gasteiger charge is -2.11. The molecule has 1 N–H and O–H groups in total. The van der Waals surface area contributed by atoms with Crippen LogP contribution in [0.5, 0.6) is 5.75 Å². The van der Waals surface area contributed by atoms with Crippen molar-refractivity contribution in [1.82, 2.24) is 0 Å². The predicted molar refractivity (Wildman–Crippen MR) is 84.0 cm³/mol. The summed E-state index contributed by atoms with van der Waals surface area (Å²) in [6.45, 7) is 5.22. The van der Waals surface area contributed by atoms with Crippen molar-refractivity contribution in [3.8, 4) is 5.75 Å². The van der Waals surface area contributed by atoms with Gasteiger partial charge in [-0.2, -0.15) is 0 Å². The van der Waals surface area contributed by atoms with Gasteiger partial charge in [0.25, 0.3) is 0 Å². The molecule has 0 aliphatic rings. The molecule has 0 aromatic heterocycles. The molecule has 0 heterocycles. The van der Waals surface area contributed by atoms with E-state index in [2.05, 4.69) is 21.2 Å². The van der Waals surface area contributed by atoms with Crippen LogP contribution < -0.4 is 10.1 Å². The number of ether oxygens (including phenoxy) is 1. The first kappa shape index (κ1) is 14.9. The Morgan fingerprint density at radius 3 is 2.50 bits per heavy atom. The van der Waals surface area contributed by atoms with Crippen LogP contribution >= 0.6 is 15.9 Å². The van der Waals surface area contributed by atoms with Crippen molar-refractivity contribution >= 4 is 21.6 Å². The second-order valence-electron chi connectivity index (χ2n) is 4.66. The van der Waals surface area contributed by atoms with Crippen LogP contribution in [0, 0.1) is 19.7 Å². The number of aryl methyl sites for hydroxylation is 2. The van der Waals surface area contributed by atoms with E-state index in [1.54, 1.807) is 6.07 Å². The molecule has 0 spiro atoms. The molecular weight excluding hydrogens is 321 g/mol. The molecule has 0 unspecified atom stereocenters. The molecule has 0 radical (unpaired) electrons. The van der Waals surface area contributed by atoms with Crippen molar-refractivity contribution in [2.24, 2.45) is 0 Å². The molecule has 106 valence electrons. The molecule has 0 aliphatic heterocycles. The minimum absolute atomic E-state index is 0.241. The van der Waals surface area contributed by atoms with Gasteiger partial charge < -0.3 is 10.1 Å². The summed E-state index contributed by atoms with van der Waals surface area (Å²) < 4.78 is 19.8. The lowest BCUT2D eigenvalue weighted by atomic mass is 10.1. The van der Waals surface area contributed by atoms with E-state index in [0.717, 1.165) is 27.0 Å². The number of hydrogen-bond donors (Lipinski definition) is 1. The van der Waals surface area contributed by atoms with Gasteiger partial charge >= 0.3 is 0 Å². The number of nitrogens with one attached hydrogen (secondary N) is 1. The fourth-order valence-electron chi connectivity index (χ4n) is 1.95. The Morgan fingerprint density at radius 1 is 1.15 bits per heavy atom. The van der Waals surface area contributed by atoms with E-state index in [9.17, 15) is 4.39 Å². The summed E-state index contributed by atoms with van der Waals surface area (Å²) in [4.78, 5) is 0. The van der Waals surface area contributed by atoms with Gasteiger partial charge in [-0.05, 0) is 55.3 Å². The Kier molecular flexibility index (Phi) is 5.01. The van der Waals surface area contributed by atoms with Gasteiger partial charge in [0.15, 0.2) is 0 Å². The Hall–Kier alpha value is -1.55. The monoisotopic (exact) mass is 337 g/mol. The van der Waals surface area contributed by atoms with Gasteiger partial charge in [-0.25, -0.2) is 4.39 Å². The van der Waals surface area contributed by atoms with E-state index in [-0.39, 0.29) is 5.82 Å². The summed E-state index contributed by atoms with van der Waals surface area (Å²) in [5.41, 5.74) is 3.06. The molecule has 0 amide bonds. The molecule has 2 aromatic rings. The topological polar surface area (TPSA) is 21.3 Å². The highest BCUT2D eigenvalue weighted by atomic mass is 79.9. The molecule has 0 aliphatic carbocycles. The molecule has 0 saturated carbocycles. The lowest BCUT2D eigenvalue weighted by Crippen LogP contribution is -2.11. The van der Waals surface area contributed by atoms with Gasteiger partial charge in [-0.1, -0.05) is 22.0 Å². The van der Waals surface area contributed by atoms with E-state index in [1.165, 1.54) is 12.1 Å². The van der Waals surface area contributed by atoms with E-state index in [0.29, 0.717) is 13.2 Å². The van der Waals surface area contributed by atoms with Crippen molar-refractivity contribution in [2.75, 3.05) is 18.5 Å². The van der Waals surface area contributed by atoms with E-state index >= 15 is 0 Å². The minimum atomic E-state index is -0.241. The van der Waals surface area contributed by atoms with Crippen molar-refractivity contribution in [3.05, 3.63) is 57.8 Å². The van der Waals surface area contributed by atoms with Crippen LogP contribution in [0.1, 0.15) is 11.1 Å². The molecule has 2 aromatic carbocycles. The molecule has 4 heteroatoms. The third-order valence-electron chi connectivity index (χ3n) is 2.93. The van der Waals surface area contributed by atoms with Gasteiger partial charge in [0.1, 0.15) is 18.2 Å². The number of hydrogen-bond acceptors (Lipinski definition) is 2. The van der Waals surface area contributed by atoms with Gasteiger partial charge in [0, 0.05) is 16.7 Å². The zero-order valence-electron chi connectivity index (χ0n) is 11.5. The highest BCUT2D eigenvalue weighted by Gasteiger charge is 2.03. The molecule has 20 heavy (non-hydrogen) atoms. The zero-order chi connectivity index (χ0) is 14.5. The molecule has 0 fully saturated rings. The van der Waals surface area contributed by atoms with Gasteiger partial charge in [-0.15, -0.1) is 0 Å². The average molecular weight is 338 g/mol. The Labute approximate surface area is 127 Å². The number of benzene rings is 2. The Balaban J connectivity index is 1.84. The standard InChI is InChI=1S/C16H17BrFNO/c1-11-8-15(9-12(2)16(11)17)20-7-6-19-14-5-3-4-13(18)10-14/h3-5,8-10,19H,6-7H2,1-2H3. The van der Waals surface area contributed by atoms with Crippen LogP contribution in [0.3, 0.4) is 0 Å². The maximum absolute atomic E-state index is 13.0. The Bertz CT molecular complexity index is 578. The van der Waals surface area contributed by atoms with E-state index in [4.69, 9.17) is 4.74 Å². The first-order valence-electron chi connectivity index (χ1n) is 6.45. The van der Waals surface area contributed by atoms with Crippen LogP contribution in [0.2, 0.25) is 0 Å². The second-order valence-corrected chi connectivity index (χ2v) is 5.45. The summed E-state index contributed by atoms with van der Waals surface area (Å²) in [6.07, 6.45) is 0. The first-order valence-corrected chi connectivity index (χ1v) is 7.24. The minimum Gasteiger partial charge on any atom is -0.492 e. The van der Waals surface area contributed by atoms with Crippen molar-refractivity contribution in [1.29, 1.82) is 0 Å². The third kappa shape index (κ3) is 3.97. The maximum atomic E-state index is 13.0. The molecule has 0 saturated heterocycles. The quantitative estimate of drug-likeness (QED) is 0.798. The summed E-state index contributed by atoms with van der Waals surface area (Å²) in [5.74, 6) is 0.610. The molecule has 2 rings (SSSR count). The van der Waals surface area contributed by atoms with Crippen LogP contribution in [0.25, 0.3) is 0 Å². The summed E-state index contributed by atoms with van der Waals surface area (Å²) in [5, 5.41) is 3.12. The summed E-state index contributed by atoms with van der Waals surface area (Å²) in [6, 6.07) is 10.4. The van der Waals surface area contributed by atoms with Crippen LogP contribution in [-0.2, 0) is 0 Å². The highest BCUT2D eigenvalue weighted by Crippen LogP contribution is 2.26. The zero-order valence-corrected chi connectivity index (χ0v) is 13.1. The fourth-order valence-corrected chi connectivity index (χ4v) is 2.18. The fraction of sp³-hybridized carbons (Fsp3) is 0.250. The van der Waals surface area contributed by atoms with Crippen molar-refractivity contribution in [2.45, 2.75) is 13.8 Å². The third-order valence-corrected chi connectivity index (χ3v) is 4.19. The summed E-state index contributed by atoms with van der Waals surface area (Å²) in [7, 11) is 0. The Morgan fingerprint density at radius 2 is 1.85 bits per heavy atom. The largest absolute Gasteiger partial charge is 0.492 e. The average Bonchev–Trinajstić information content (AvgIpc) is 2.41. The van der Waals surface area contributed by atoms with E-state index in [1.807, 2.05) is 32.0 Å². The number of rotatable bonds is 5. The second kappa shape index (κ2) is 6.75. The maximum Gasteiger partial charge on any atom is 0.125 e. The van der Waals surface area contributed by atoms with Crippen LogP contribution in [-0.4, -0.2) is 13.2 Å². The smallest absolute Gasteiger partial charge is 0.125 e.